The minimum absolute atomic E-state index is 0.136. The van der Waals surface area contributed by atoms with Gasteiger partial charge in [0.05, 0.1) is 5.69 Å². The van der Waals surface area contributed by atoms with Crippen LogP contribution in [-0.2, 0) is 0 Å². The van der Waals surface area contributed by atoms with Crippen molar-refractivity contribution in [2.45, 2.75) is 32.2 Å². The number of thiophene rings is 1. The SMILES string of the molecule is CC1CCC(NC(=O)c2sc3ccc(F)cc3c2N)C1. The molecule has 3 rings (SSSR count). The summed E-state index contributed by atoms with van der Waals surface area (Å²) in [7, 11) is 0. The van der Waals surface area contributed by atoms with E-state index in [1.165, 1.54) is 23.5 Å². The van der Waals surface area contributed by atoms with Crippen LogP contribution < -0.4 is 11.1 Å². The van der Waals surface area contributed by atoms with Crippen LogP contribution in [0.5, 0.6) is 0 Å². The maximum absolute atomic E-state index is 13.2. The second-order valence-corrected chi connectivity index (χ2v) is 6.63. The molecule has 0 aliphatic heterocycles. The van der Waals surface area contributed by atoms with E-state index in [0.29, 0.717) is 21.9 Å². The van der Waals surface area contributed by atoms with Crippen molar-refractivity contribution in [2.24, 2.45) is 5.92 Å². The fourth-order valence-corrected chi connectivity index (χ4v) is 3.85. The largest absolute Gasteiger partial charge is 0.397 e. The zero-order chi connectivity index (χ0) is 14.3. The van der Waals surface area contributed by atoms with E-state index in [4.69, 9.17) is 5.73 Å². The van der Waals surface area contributed by atoms with Gasteiger partial charge in [0.25, 0.3) is 5.91 Å². The van der Waals surface area contributed by atoms with Gasteiger partial charge in [-0.1, -0.05) is 6.92 Å². The number of anilines is 1. The number of nitrogens with one attached hydrogen (secondary N) is 1. The summed E-state index contributed by atoms with van der Waals surface area (Å²) >= 11 is 1.32. The highest BCUT2D eigenvalue weighted by molar-refractivity contribution is 7.21. The van der Waals surface area contributed by atoms with E-state index < -0.39 is 0 Å². The minimum Gasteiger partial charge on any atom is -0.397 e. The van der Waals surface area contributed by atoms with Gasteiger partial charge >= 0.3 is 0 Å². The van der Waals surface area contributed by atoms with Crippen molar-refractivity contribution >= 4 is 33.0 Å². The average molecular weight is 292 g/mol. The first-order chi connectivity index (χ1) is 9.54. The molecule has 0 bridgehead atoms. The Balaban J connectivity index is 1.86. The Morgan fingerprint density at radius 3 is 2.95 bits per heavy atom. The average Bonchev–Trinajstić information content (AvgIpc) is 2.94. The number of nitrogen functional groups attached to an aromatic ring is 1. The van der Waals surface area contributed by atoms with Gasteiger partial charge in [-0.2, -0.15) is 0 Å². The smallest absolute Gasteiger partial charge is 0.263 e. The summed E-state index contributed by atoms with van der Waals surface area (Å²) in [6.07, 6.45) is 3.19. The summed E-state index contributed by atoms with van der Waals surface area (Å²) < 4.78 is 14.1. The van der Waals surface area contributed by atoms with E-state index in [2.05, 4.69) is 12.2 Å². The molecule has 1 aliphatic rings. The van der Waals surface area contributed by atoms with Crippen molar-refractivity contribution in [3.05, 3.63) is 28.9 Å². The highest BCUT2D eigenvalue weighted by atomic mass is 32.1. The van der Waals surface area contributed by atoms with Crippen molar-refractivity contribution in [1.29, 1.82) is 0 Å². The van der Waals surface area contributed by atoms with Gasteiger partial charge in [-0.25, -0.2) is 4.39 Å². The van der Waals surface area contributed by atoms with E-state index in [9.17, 15) is 9.18 Å². The van der Waals surface area contributed by atoms with Crippen molar-refractivity contribution in [3.63, 3.8) is 0 Å². The fraction of sp³-hybridized carbons (Fsp3) is 0.400. The molecular weight excluding hydrogens is 275 g/mol. The van der Waals surface area contributed by atoms with E-state index in [1.54, 1.807) is 6.07 Å². The van der Waals surface area contributed by atoms with E-state index in [-0.39, 0.29) is 17.8 Å². The Labute approximate surface area is 121 Å². The molecule has 2 atom stereocenters. The lowest BCUT2D eigenvalue weighted by Crippen LogP contribution is -2.32. The lowest BCUT2D eigenvalue weighted by Gasteiger charge is -2.11. The summed E-state index contributed by atoms with van der Waals surface area (Å²) in [5.41, 5.74) is 6.38. The minimum atomic E-state index is -0.335. The first-order valence-corrected chi connectivity index (χ1v) is 7.64. The predicted molar refractivity (Wildman–Crippen MR) is 80.5 cm³/mol. The number of hydrogen-bond donors (Lipinski definition) is 2. The number of benzene rings is 1. The van der Waals surface area contributed by atoms with E-state index in [0.717, 1.165) is 24.0 Å². The zero-order valence-electron chi connectivity index (χ0n) is 11.3. The van der Waals surface area contributed by atoms with Crippen LogP contribution in [0.2, 0.25) is 0 Å². The van der Waals surface area contributed by atoms with Gasteiger partial charge in [-0.3, -0.25) is 4.79 Å². The monoisotopic (exact) mass is 292 g/mol. The van der Waals surface area contributed by atoms with Crippen molar-refractivity contribution in [1.82, 2.24) is 5.32 Å². The standard InChI is InChI=1S/C15H17FN2OS/c1-8-2-4-10(6-8)18-15(19)14-13(17)11-7-9(16)3-5-12(11)20-14/h3,5,7-8,10H,2,4,6,17H2,1H3,(H,18,19). The van der Waals surface area contributed by atoms with Gasteiger partial charge in [0.2, 0.25) is 0 Å². The Bertz CT molecular complexity index is 667. The third-order valence-corrected chi connectivity index (χ3v) is 5.11. The molecule has 1 fully saturated rings. The lowest BCUT2D eigenvalue weighted by atomic mass is 10.1. The highest BCUT2D eigenvalue weighted by Crippen LogP contribution is 2.34. The molecule has 1 aromatic carbocycles. The summed E-state index contributed by atoms with van der Waals surface area (Å²) in [5.74, 6) is 0.191. The molecule has 106 valence electrons. The van der Waals surface area contributed by atoms with Crippen molar-refractivity contribution in [3.8, 4) is 0 Å². The molecule has 3 N–H and O–H groups in total. The number of nitrogens with two attached hydrogens (primary N) is 1. The Kier molecular flexibility index (Phi) is 3.38. The summed E-state index contributed by atoms with van der Waals surface area (Å²) in [4.78, 5) is 12.8. The van der Waals surface area contributed by atoms with Gasteiger partial charge < -0.3 is 11.1 Å². The third kappa shape index (κ3) is 2.38. The molecule has 1 amide bonds. The molecule has 1 aliphatic carbocycles. The fourth-order valence-electron chi connectivity index (χ4n) is 2.85. The third-order valence-electron chi connectivity index (χ3n) is 3.92. The van der Waals surface area contributed by atoms with Gasteiger partial charge in [0, 0.05) is 16.1 Å². The number of halogens is 1. The normalized spacial score (nSPS) is 22.3. The Morgan fingerprint density at radius 1 is 1.45 bits per heavy atom. The van der Waals surface area contributed by atoms with Gasteiger partial charge in [0.1, 0.15) is 10.7 Å². The molecule has 1 aromatic heterocycles. The molecule has 5 heteroatoms. The first-order valence-electron chi connectivity index (χ1n) is 6.83. The summed E-state index contributed by atoms with van der Waals surface area (Å²) in [6, 6.07) is 4.67. The van der Waals surface area contributed by atoms with Gasteiger partial charge in [-0.15, -0.1) is 11.3 Å². The molecule has 3 nitrogen and oxygen atoms in total. The van der Waals surface area contributed by atoms with Crippen LogP contribution >= 0.6 is 11.3 Å². The number of hydrogen-bond acceptors (Lipinski definition) is 3. The van der Waals surface area contributed by atoms with Crippen molar-refractivity contribution in [2.75, 3.05) is 5.73 Å². The highest BCUT2D eigenvalue weighted by Gasteiger charge is 2.25. The summed E-state index contributed by atoms with van der Waals surface area (Å²) in [6.45, 7) is 2.20. The van der Waals surface area contributed by atoms with Crippen LogP contribution in [0.1, 0.15) is 35.9 Å². The summed E-state index contributed by atoms with van der Waals surface area (Å²) in [5, 5.41) is 3.66. The zero-order valence-corrected chi connectivity index (χ0v) is 12.1. The van der Waals surface area contributed by atoms with Crippen LogP contribution in [0.15, 0.2) is 18.2 Å². The molecule has 0 saturated heterocycles. The molecule has 0 spiro atoms. The van der Waals surface area contributed by atoms with Gasteiger partial charge in [0.15, 0.2) is 0 Å². The number of carbonyl (C=O) groups is 1. The molecule has 1 heterocycles. The topological polar surface area (TPSA) is 55.1 Å². The Hall–Kier alpha value is -1.62. The van der Waals surface area contributed by atoms with Crippen LogP contribution in [0, 0.1) is 11.7 Å². The molecule has 2 unspecified atom stereocenters. The maximum Gasteiger partial charge on any atom is 0.263 e. The lowest BCUT2D eigenvalue weighted by molar-refractivity contribution is 0.0942. The first kappa shape index (κ1) is 13.4. The van der Waals surface area contributed by atoms with E-state index >= 15 is 0 Å². The van der Waals surface area contributed by atoms with Crippen LogP contribution in [0.25, 0.3) is 10.1 Å². The quantitative estimate of drug-likeness (QED) is 0.889. The molecule has 2 aromatic rings. The molecular formula is C15H17FN2OS. The van der Waals surface area contributed by atoms with Crippen LogP contribution in [-0.4, -0.2) is 11.9 Å². The second kappa shape index (κ2) is 5.05. The Morgan fingerprint density at radius 2 is 2.25 bits per heavy atom. The number of fused-ring (bicyclic) bond motifs is 1. The second-order valence-electron chi connectivity index (χ2n) is 5.57. The molecule has 20 heavy (non-hydrogen) atoms. The number of rotatable bonds is 2. The maximum atomic E-state index is 13.2. The number of carbonyl (C=O) groups excluding carboxylic acids is 1. The predicted octanol–water partition coefficient (Wildman–Crippen LogP) is 3.54. The van der Waals surface area contributed by atoms with Crippen LogP contribution in [0.3, 0.4) is 0 Å². The molecule has 1 saturated carbocycles. The van der Waals surface area contributed by atoms with Crippen LogP contribution in [0.4, 0.5) is 10.1 Å². The van der Waals surface area contributed by atoms with E-state index in [1.807, 2.05) is 0 Å². The van der Waals surface area contributed by atoms with Gasteiger partial charge in [-0.05, 0) is 43.4 Å². The van der Waals surface area contributed by atoms with Crippen molar-refractivity contribution < 1.29 is 9.18 Å². The molecule has 0 radical (unpaired) electrons. The number of amides is 1.